The molecule has 4 rings (SSSR count). The first-order chi connectivity index (χ1) is 12.1. The molecular formula is C21H27NO3. The summed E-state index contributed by atoms with van der Waals surface area (Å²) < 4.78 is 5.09. The maximum atomic E-state index is 12.4. The Kier molecular flexibility index (Phi) is 4.30. The van der Waals surface area contributed by atoms with Gasteiger partial charge in [0.2, 0.25) is 5.78 Å². The van der Waals surface area contributed by atoms with Crippen LogP contribution < -0.4 is 10.1 Å². The minimum atomic E-state index is -0.473. The van der Waals surface area contributed by atoms with Crippen LogP contribution in [0.15, 0.2) is 24.3 Å². The van der Waals surface area contributed by atoms with Crippen LogP contribution in [0.1, 0.15) is 55.3 Å². The lowest BCUT2D eigenvalue weighted by atomic mass is 9.69. The first kappa shape index (κ1) is 16.6. The second kappa shape index (κ2) is 6.47. The Balaban J connectivity index is 1.39. The van der Waals surface area contributed by atoms with E-state index in [0.29, 0.717) is 17.9 Å². The third-order valence-electron chi connectivity index (χ3n) is 6.78. The predicted molar refractivity (Wildman–Crippen MR) is 95.6 cm³/mol. The van der Waals surface area contributed by atoms with Gasteiger partial charge in [0.05, 0.1) is 7.11 Å². The molecule has 3 aliphatic rings. The summed E-state index contributed by atoms with van der Waals surface area (Å²) in [6.07, 6.45) is 9.21. The lowest BCUT2D eigenvalue weighted by Gasteiger charge is -2.38. The number of fused-ring (bicyclic) bond motifs is 2. The van der Waals surface area contributed by atoms with Crippen molar-refractivity contribution in [2.75, 3.05) is 13.7 Å². The van der Waals surface area contributed by atoms with Gasteiger partial charge in [0, 0.05) is 12.1 Å². The number of amides is 1. The van der Waals surface area contributed by atoms with Gasteiger partial charge in [-0.1, -0.05) is 19.3 Å². The van der Waals surface area contributed by atoms with E-state index in [2.05, 4.69) is 5.32 Å². The number of rotatable bonds is 5. The number of methoxy groups -OCH3 is 1. The minimum Gasteiger partial charge on any atom is -0.497 e. The number of carbonyl (C=O) groups excluding carboxylic acids is 2. The van der Waals surface area contributed by atoms with E-state index in [0.717, 1.165) is 17.8 Å². The van der Waals surface area contributed by atoms with E-state index < -0.39 is 11.7 Å². The molecule has 1 aromatic rings. The first-order valence-electron chi connectivity index (χ1n) is 9.55. The Morgan fingerprint density at radius 2 is 1.88 bits per heavy atom. The second-order valence-electron chi connectivity index (χ2n) is 8.41. The summed E-state index contributed by atoms with van der Waals surface area (Å²) in [7, 11) is 1.58. The maximum absolute atomic E-state index is 12.4. The minimum absolute atomic E-state index is 0.245. The molecule has 4 atom stereocenters. The van der Waals surface area contributed by atoms with E-state index in [1.165, 1.54) is 44.9 Å². The van der Waals surface area contributed by atoms with Gasteiger partial charge in [0.1, 0.15) is 5.75 Å². The van der Waals surface area contributed by atoms with E-state index in [-0.39, 0.29) is 5.41 Å². The van der Waals surface area contributed by atoms with Gasteiger partial charge in [0.15, 0.2) is 0 Å². The van der Waals surface area contributed by atoms with Gasteiger partial charge in [-0.05, 0) is 73.1 Å². The van der Waals surface area contributed by atoms with Crippen molar-refractivity contribution < 1.29 is 14.3 Å². The highest BCUT2D eigenvalue weighted by atomic mass is 16.5. The van der Waals surface area contributed by atoms with Gasteiger partial charge in [-0.2, -0.15) is 0 Å². The summed E-state index contributed by atoms with van der Waals surface area (Å²) in [5, 5.41) is 2.97. The lowest BCUT2D eigenvalue weighted by molar-refractivity contribution is -0.117. The lowest BCUT2D eigenvalue weighted by Crippen LogP contribution is -2.41. The predicted octanol–water partition coefficient (Wildman–Crippen LogP) is 3.60. The molecule has 0 spiro atoms. The molecule has 0 heterocycles. The van der Waals surface area contributed by atoms with Gasteiger partial charge in [0.25, 0.3) is 5.91 Å². The number of Topliss-reactive ketones (excluding diaryl/α,β-unsaturated/α-hetero) is 1. The second-order valence-corrected chi connectivity index (χ2v) is 8.41. The number of nitrogens with one attached hydrogen (secondary N) is 1. The van der Waals surface area contributed by atoms with E-state index in [4.69, 9.17) is 4.74 Å². The fourth-order valence-corrected chi connectivity index (χ4v) is 5.76. The Hall–Kier alpha value is -1.84. The number of benzene rings is 1. The normalized spacial score (nSPS) is 32.9. The van der Waals surface area contributed by atoms with Crippen molar-refractivity contribution in [3.63, 3.8) is 0 Å². The molecule has 3 saturated carbocycles. The van der Waals surface area contributed by atoms with Crippen molar-refractivity contribution in [1.82, 2.24) is 5.32 Å². The van der Waals surface area contributed by atoms with Crippen LogP contribution in [0.2, 0.25) is 0 Å². The number of carbonyl (C=O) groups is 2. The highest BCUT2D eigenvalue weighted by Gasteiger charge is 2.51. The molecule has 4 heteroatoms. The van der Waals surface area contributed by atoms with Crippen molar-refractivity contribution in [3.8, 4) is 5.75 Å². The quantitative estimate of drug-likeness (QED) is 0.658. The summed E-state index contributed by atoms with van der Waals surface area (Å²) in [4.78, 5) is 24.7. The molecule has 4 unspecified atom stereocenters. The smallest absolute Gasteiger partial charge is 0.292 e. The molecule has 3 aliphatic carbocycles. The van der Waals surface area contributed by atoms with E-state index in [1.807, 2.05) is 0 Å². The van der Waals surface area contributed by atoms with E-state index >= 15 is 0 Å². The van der Waals surface area contributed by atoms with Crippen molar-refractivity contribution in [2.45, 2.75) is 44.9 Å². The van der Waals surface area contributed by atoms with Crippen molar-refractivity contribution >= 4 is 11.7 Å². The topological polar surface area (TPSA) is 55.4 Å². The molecule has 1 N–H and O–H groups in total. The largest absolute Gasteiger partial charge is 0.497 e. The van der Waals surface area contributed by atoms with Crippen LogP contribution in [0.5, 0.6) is 5.75 Å². The summed E-state index contributed by atoms with van der Waals surface area (Å²) in [5.74, 6) is 2.29. The van der Waals surface area contributed by atoms with Crippen LogP contribution in [0, 0.1) is 23.2 Å². The van der Waals surface area contributed by atoms with Crippen molar-refractivity contribution in [2.24, 2.45) is 23.2 Å². The molecule has 25 heavy (non-hydrogen) atoms. The maximum Gasteiger partial charge on any atom is 0.292 e. The summed E-state index contributed by atoms with van der Waals surface area (Å²) in [5.41, 5.74) is 0.662. The van der Waals surface area contributed by atoms with Gasteiger partial charge in [-0.25, -0.2) is 0 Å². The first-order valence-corrected chi connectivity index (χ1v) is 9.55. The van der Waals surface area contributed by atoms with Gasteiger partial charge in [-0.3, -0.25) is 9.59 Å². The summed E-state index contributed by atoms with van der Waals surface area (Å²) >= 11 is 0. The Morgan fingerprint density at radius 3 is 2.64 bits per heavy atom. The zero-order valence-corrected chi connectivity index (χ0v) is 14.9. The van der Waals surface area contributed by atoms with Gasteiger partial charge < -0.3 is 10.1 Å². The number of hydrogen-bond donors (Lipinski definition) is 1. The Bertz CT molecular complexity index is 664. The standard InChI is InChI=1S/C21H27NO3/c1-25-18-7-5-15(6-8-18)19(23)20(24)22-13-21-10-14-3-2-4-16(11-21)17(9-14)12-21/h5-8,14,16-17H,2-4,9-13H2,1H3,(H,22,24). The van der Waals surface area contributed by atoms with Gasteiger partial charge in [-0.15, -0.1) is 0 Å². The molecule has 3 fully saturated rings. The highest BCUT2D eigenvalue weighted by molar-refractivity contribution is 6.42. The average Bonchev–Trinajstić information content (AvgIpc) is 2.79. The average molecular weight is 341 g/mol. The summed E-state index contributed by atoms with van der Waals surface area (Å²) in [6.45, 7) is 0.664. The molecular weight excluding hydrogens is 314 g/mol. The Morgan fingerprint density at radius 1 is 1.12 bits per heavy atom. The molecule has 134 valence electrons. The van der Waals surface area contributed by atoms with E-state index in [1.54, 1.807) is 31.4 Å². The third kappa shape index (κ3) is 3.19. The Labute approximate surface area is 149 Å². The zero-order valence-electron chi connectivity index (χ0n) is 14.9. The molecule has 4 nitrogen and oxygen atoms in total. The van der Waals surface area contributed by atoms with Crippen LogP contribution in [0.4, 0.5) is 0 Å². The van der Waals surface area contributed by atoms with Gasteiger partial charge >= 0.3 is 0 Å². The monoisotopic (exact) mass is 341 g/mol. The van der Waals surface area contributed by atoms with E-state index in [9.17, 15) is 9.59 Å². The third-order valence-corrected chi connectivity index (χ3v) is 6.78. The molecule has 3 bridgehead atoms. The van der Waals surface area contributed by atoms with Crippen LogP contribution in [-0.4, -0.2) is 25.3 Å². The van der Waals surface area contributed by atoms with Crippen LogP contribution in [0.25, 0.3) is 0 Å². The number of ether oxygens (including phenoxy) is 1. The van der Waals surface area contributed by atoms with Crippen molar-refractivity contribution in [1.29, 1.82) is 0 Å². The molecule has 0 aromatic heterocycles. The zero-order chi connectivity index (χ0) is 17.4. The molecule has 0 aliphatic heterocycles. The molecule has 0 radical (unpaired) electrons. The van der Waals surface area contributed by atoms with Crippen molar-refractivity contribution in [3.05, 3.63) is 29.8 Å². The van der Waals surface area contributed by atoms with Crippen LogP contribution >= 0.6 is 0 Å². The molecule has 1 aromatic carbocycles. The van der Waals surface area contributed by atoms with Crippen LogP contribution in [0.3, 0.4) is 0 Å². The number of hydrogen-bond acceptors (Lipinski definition) is 3. The fourth-order valence-electron chi connectivity index (χ4n) is 5.76. The van der Waals surface area contributed by atoms with Crippen LogP contribution in [-0.2, 0) is 4.79 Å². The summed E-state index contributed by atoms with van der Waals surface area (Å²) in [6, 6.07) is 6.72. The SMILES string of the molecule is COc1ccc(C(=O)C(=O)NCC23CC4CCCC(C2)C(C4)C3)cc1. The highest BCUT2D eigenvalue weighted by Crippen LogP contribution is 2.59. The fraction of sp³-hybridized carbons (Fsp3) is 0.619. The number of ketones is 1. The molecule has 1 amide bonds. The molecule has 0 saturated heterocycles.